The van der Waals surface area contributed by atoms with Crippen molar-refractivity contribution < 1.29 is 0 Å². The third-order valence-corrected chi connectivity index (χ3v) is 4.97. The standard InChI is InChI=1S/C9H13ClSi/c1-9(2,11-10)8-6-4-3-5-7-8/h3-7H,11H2,1-2H3. The normalized spacial score (nSPS) is 12.6. The van der Waals surface area contributed by atoms with E-state index in [-0.39, 0.29) is 5.04 Å². The maximum absolute atomic E-state index is 5.97. The van der Waals surface area contributed by atoms with Gasteiger partial charge < -0.3 is 0 Å². The van der Waals surface area contributed by atoms with Gasteiger partial charge in [0.15, 0.2) is 0 Å². The summed E-state index contributed by atoms with van der Waals surface area (Å²) < 4.78 is 0. The van der Waals surface area contributed by atoms with Crippen molar-refractivity contribution in [2.75, 3.05) is 0 Å². The van der Waals surface area contributed by atoms with Crippen LogP contribution in [0.5, 0.6) is 0 Å². The lowest BCUT2D eigenvalue weighted by Gasteiger charge is -2.20. The first-order valence-electron chi connectivity index (χ1n) is 3.78. The molecule has 0 unspecified atom stereocenters. The molecular formula is C9H13ClSi. The van der Waals surface area contributed by atoms with Crippen molar-refractivity contribution in [1.82, 2.24) is 0 Å². The van der Waals surface area contributed by atoms with Gasteiger partial charge in [-0.2, -0.15) is 11.1 Å². The molecule has 0 N–H and O–H groups in total. The molecule has 0 bridgehead atoms. The van der Waals surface area contributed by atoms with E-state index in [1.54, 1.807) is 0 Å². The van der Waals surface area contributed by atoms with Crippen LogP contribution in [0.1, 0.15) is 19.4 Å². The van der Waals surface area contributed by atoms with Gasteiger partial charge in [0.2, 0.25) is 0 Å². The van der Waals surface area contributed by atoms with E-state index in [2.05, 4.69) is 38.1 Å². The van der Waals surface area contributed by atoms with Crippen molar-refractivity contribution in [1.29, 1.82) is 0 Å². The van der Waals surface area contributed by atoms with Gasteiger partial charge in [-0.05, 0) is 10.6 Å². The largest absolute Gasteiger partial charge is 0.175 e. The summed E-state index contributed by atoms with van der Waals surface area (Å²) in [5, 5.41) is 0.239. The highest BCUT2D eigenvalue weighted by Gasteiger charge is 2.18. The molecule has 0 nitrogen and oxygen atoms in total. The Bertz CT molecular complexity index is 218. The predicted octanol–water partition coefficient (Wildman–Crippen LogP) is 2.24. The molecular weight excluding hydrogens is 172 g/mol. The van der Waals surface area contributed by atoms with Crippen LogP contribution in [0, 0.1) is 0 Å². The zero-order chi connectivity index (χ0) is 8.32. The quantitative estimate of drug-likeness (QED) is 0.489. The number of halogens is 1. The highest BCUT2D eigenvalue weighted by Crippen LogP contribution is 2.21. The molecule has 0 aliphatic heterocycles. The summed E-state index contributed by atoms with van der Waals surface area (Å²) in [6.45, 7) is 4.42. The van der Waals surface area contributed by atoms with Crippen molar-refractivity contribution in [2.45, 2.75) is 18.9 Å². The Labute approximate surface area is 75.1 Å². The Kier molecular flexibility index (Phi) is 2.74. The van der Waals surface area contributed by atoms with Crippen LogP contribution in [0.3, 0.4) is 0 Å². The first kappa shape index (κ1) is 8.82. The Balaban J connectivity index is 2.93. The lowest BCUT2D eigenvalue weighted by molar-refractivity contribution is 0.760. The van der Waals surface area contributed by atoms with Crippen molar-refractivity contribution in [3.05, 3.63) is 35.9 Å². The predicted molar refractivity (Wildman–Crippen MR) is 53.9 cm³/mol. The van der Waals surface area contributed by atoms with E-state index in [9.17, 15) is 0 Å². The SMILES string of the molecule is CC(C)([SiH2]Cl)c1ccccc1. The van der Waals surface area contributed by atoms with Gasteiger partial charge in [0.1, 0.15) is 8.83 Å². The average molecular weight is 185 g/mol. The molecule has 0 spiro atoms. The zero-order valence-corrected chi connectivity index (χ0v) is 9.14. The van der Waals surface area contributed by atoms with Crippen molar-refractivity contribution in [3.8, 4) is 0 Å². The molecule has 0 radical (unpaired) electrons. The van der Waals surface area contributed by atoms with E-state index < -0.39 is 8.83 Å². The monoisotopic (exact) mass is 184 g/mol. The van der Waals surface area contributed by atoms with Gasteiger partial charge >= 0.3 is 0 Å². The minimum Gasteiger partial charge on any atom is -0.175 e. The van der Waals surface area contributed by atoms with Crippen molar-refractivity contribution >= 4 is 19.9 Å². The van der Waals surface area contributed by atoms with Crippen LogP contribution in [0.15, 0.2) is 30.3 Å². The molecule has 0 heterocycles. The first-order chi connectivity index (χ1) is 5.17. The molecule has 60 valence electrons. The Morgan fingerprint density at radius 1 is 1.18 bits per heavy atom. The minimum absolute atomic E-state index is 0.239. The van der Waals surface area contributed by atoms with Gasteiger partial charge in [-0.15, -0.1) is 0 Å². The highest BCUT2D eigenvalue weighted by molar-refractivity contribution is 6.95. The number of benzene rings is 1. The smallest absolute Gasteiger partial charge is 0.135 e. The summed E-state index contributed by atoms with van der Waals surface area (Å²) in [6.07, 6.45) is 0. The number of hydrogen-bond donors (Lipinski definition) is 0. The molecule has 0 saturated heterocycles. The van der Waals surface area contributed by atoms with Crippen LogP contribution < -0.4 is 0 Å². The fourth-order valence-electron chi connectivity index (χ4n) is 0.966. The lowest BCUT2D eigenvalue weighted by atomic mass is 10.0. The Morgan fingerprint density at radius 3 is 2.18 bits per heavy atom. The summed E-state index contributed by atoms with van der Waals surface area (Å²) in [7, 11) is -0.484. The average Bonchev–Trinajstić information content (AvgIpc) is 2.06. The summed E-state index contributed by atoms with van der Waals surface area (Å²) in [6, 6.07) is 10.5. The van der Waals surface area contributed by atoms with Crippen molar-refractivity contribution in [3.63, 3.8) is 0 Å². The van der Waals surface area contributed by atoms with E-state index in [0.717, 1.165) is 0 Å². The van der Waals surface area contributed by atoms with Crippen LogP contribution in [-0.2, 0) is 5.04 Å². The highest BCUT2D eigenvalue weighted by atomic mass is 35.6. The maximum atomic E-state index is 5.97. The molecule has 0 saturated carbocycles. The van der Waals surface area contributed by atoms with Crippen LogP contribution >= 0.6 is 11.1 Å². The van der Waals surface area contributed by atoms with Crippen LogP contribution in [0.25, 0.3) is 0 Å². The van der Waals surface area contributed by atoms with Gasteiger partial charge in [-0.3, -0.25) is 0 Å². The second-order valence-corrected chi connectivity index (χ2v) is 6.22. The van der Waals surface area contributed by atoms with E-state index in [4.69, 9.17) is 11.1 Å². The maximum Gasteiger partial charge on any atom is 0.135 e. The van der Waals surface area contributed by atoms with Gasteiger partial charge in [-0.25, -0.2) is 0 Å². The lowest BCUT2D eigenvalue weighted by Crippen LogP contribution is -2.21. The molecule has 0 amide bonds. The minimum atomic E-state index is -0.484. The molecule has 0 aliphatic carbocycles. The fraction of sp³-hybridized carbons (Fsp3) is 0.333. The molecule has 2 heteroatoms. The Hall–Kier alpha value is -0.273. The molecule has 1 aromatic rings. The second-order valence-electron chi connectivity index (χ2n) is 3.38. The number of hydrogen-bond acceptors (Lipinski definition) is 0. The van der Waals surface area contributed by atoms with Crippen LogP contribution in [0.4, 0.5) is 0 Å². The molecule has 1 rings (SSSR count). The summed E-state index contributed by atoms with van der Waals surface area (Å²) in [5.74, 6) is 0. The molecule has 0 atom stereocenters. The summed E-state index contributed by atoms with van der Waals surface area (Å²) in [4.78, 5) is 0. The molecule has 11 heavy (non-hydrogen) atoms. The summed E-state index contributed by atoms with van der Waals surface area (Å²) in [5.41, 5.74) is 1.36. The van der Waals surface area contributed by atoms with Crippen molar-refractivity contribution in [2.24, 2.45) is 0 Å². The third-order valence-electron chi connectivity index (χ3n) is 1.89. The van der Waals surface area contributed by atoms with E-state index in [1.165, 1.54) is 5.56 Å². The third kappa shape index (κ3) is 2.08. The van der Waals surface area contributed by atoms with Gasteiger partial charge in [0, 0.05) is 0 Å². The van der Waals surface area contributed by atoms with E-state index in [0.29, 0.717) is 0 Å². The van der Waals surface area contributed by atoms with Gasteiger partial charge in [0.25, 0.3) is 0 Å². The topological polar surface area (TPSA) is 0 Å². The molecule has 0 fully saturated rings. The fourth-order valence-corrected chi connectivity index (χ4v) is 1.82. The van der Waals surface area contributed by atoms with E-state index >= 15 is 0 Å². The van der Waals surface area contributed by atoms with Gasteiger partial charge in [-0.1, -0.05) is 44.2 Å². The van der Waals surface area contributed by atoms with E-state index in [1.807, 2.05) is 6.07 Å². The second kappa shape index (κ2) is 3.42. The van der Waals surface area contributed by atoms with Gasteiger partial charge in [0.05, 0.1) is 0 Å². The molecule has 1 aromatic carbocycles. The molecule has 0 aromatic heterocycles. The van der Waals surface area contributed by atoms with Crippen LogP contribution in [-0.4, -0.2) is 8.83 Å². The van der Waals surface area contributed by atoms with Crippen LogP contribution in [0.2, 0.25) is 0 Å². The summed E-state index contributed by atoms with van der Waals surface area (Å²) >= 11 is 5.97. The number of rotatable bonds is 2. The first-order valence-corrected chi connectivity index (χ1v) is 6.63. The Morgan fingerprint density at radius 2 is 1.73 bits per heavy atom. The zero-order valence-electron chi connectivity index (χ0n) is 6.97. The molecule has 0 aliphatic rings.